The number of piperazine rings is 1. The van der Waals surface area contributed by atoms with E-state index in [4.69, 9.17) is 4.42 Å². The minimum absolute atomic E-state index is 0.0206. The normalized spacial score (nSPS) is 15.6. The van der Waals surface area contributed by atoms with Crippen molar-refractivity contribution in [1.29, 1.82) is 0 Å². The van der Waals surface area contributed by atoms with Gasteiger partial charge in [-0.1, -0.05) is 13.8 Å². The fraction of sp³-hybridized carbons (Fsp3) is 0.714. The largest absolute Gasteiger partial charge is 0.417 e. The van der Waals surface area contributed by atoms with Crippen LogP contribution in [0, 0.1) is 12.8 Å². The molecule has 0 unspecified atom stereocenters. The Labute approximate surface area is 124 Å². The van der Waals surface area contributed by atoms with E-state index in [1.165, 1.54) is 0 Å². The van der Waals surface area contributed by atoms with E-state index in [9.17, 15) is 9.59 Å². The second-order valence-electron chi connectivity index (χ2n) is 5.26. The third kappa shape index (κ3) is 3.40. The molecule has 0 aliphatic carbocycles. The molecule has 1 aliphatic rings. The lowest BCUT2D eigenvalue weighted by Gasteiger charge is -2.35. The summed E-state index contributed by atoms with van der Waals surface area (Å²) in [4.78, 5) is 28.0. The van der Waals surface area contributed by atoms with Crippen LogP contribution in [0.1, 0.15) is 43.3 Å². The first kappa shape index (κ1) is 15.5. The lowest BCUT2D eigenvalue weighted by molar-refractivity contribution is -0.137. The Balaban J connectivity index is 1.91. The van der Waals surface area contributed by atoms with Gasteiger partial charge in [0.1, 0.15) is 0 Å². The standard InChI is InChI=1S/C14H22N4O3/c1-4-11(5-2)13(19)17-6-8-18(9-7-17)14(20)12-16-15-10(3)21-12/h11H,4-9H2,1-3H3. The number of carbonyl (C=O) groups excluding carboxylic acids is 2. The van der Waals surface area contributed by atoms with Crippen molar-refractivity contribution in [3.63, 3.8) is 0 Å². The molecule has 7 heteroatoms. The first-order chi connectivity index (χ1) is 10.1. The van der Waals surface area contributed by atoms with Gasteiger partial charge in [-0.15, -0.1) is 10.2 Å². The van der Waals surface area contributed by atoms with Gasteiger partial charge in [0.2, 0.25) is 11.8 Å². The summed E-state index contributed by atoms with van der Waals surface area (Å²) in [5.74, 6) is 0.421. The lowest BCUT2D eigenvalue weighted by Crippen LogP contribution is -2.52. The number of nitrogens with zero attached hydrogens (tertiary/aromatic N) is 4. The van der Waals surface area contributed by atoms with Crippen LogP contribution in [0.5, 0.6) is 0 Å². The zero-order valence-electron chi connectivity index (χ0n) is 12.8. The molecular weight excluding hydrogens is 272 g/mol. The van der Waals surface area contributed by atoms with E-state index in [2.05, 4.69) is 10.2 Å². The first-order valence-corrected chi connectivity index (χ1v) is 7.45. The van der Waals surface area contributed by atoms with Crippen LogP contribution in [0.3, 0.4) is 0 Å². The Morgan fingerprint density at radius 2 is 1.67 bits per heavy atom. The molecule has 0 N–H and O–H groups in total. The van der Waals surface area contributed by atoms with E-state index in [0.717, 1.165) is 12.8 Å². The Morgan fingerprint density at radius 1 is 1.10 bits per heavy atom. The second kappa shape index (κ2) is 6.69. The zero-order valence-corrected chi connectivity index (χ0v) is 12.8. The fourth-order valence-electron chi connectivity index (χ4n) is 2.54. The van der Waals surface area contributed by atoms with Crippen LogP contribution in [-0.4, -0.2) is 58.0 Å². The average molecular weight is 294 g/mol. The third-order valence-electron chi connectivity index (χ3n) is 3.92. The number of rotatable bonds is 4. The van der Waals surface area contributed by atoms with Gasteiger partial charge in [0.15, 0.2) is 0 Å². The summed E-state index contributed by atoms with van der Waals surface area (Å²) in [5.41, 5.74) is 0. The number of amides is 2. The number of hydrogen-bond donors (Lipinski definition) is 0. The predicted molar refractivity (Wildman–Crippen MR) is 75.6 cm³/mol. The van der Waals surface area contributed by atoms with Crippen LogP contribution in [0.4, 0.5) is 0 Å². The van der Waals surface area contributed by atoms with Gasteiger partial charge in [-0.25, -0.2) is 0 Å². The van der Waals surface area contributed by atoms with Gasteiger partial charge >= 0.3 is 11.8 Å². The Bertz CT molecular complexity index is 502. The summed E-state index contributed by atoms with van der Waals surface area (Å²) in [6.07, 6.45) is 1.71. The molecule has 116 valence electrons. The van der Waals surface area contributed by atoms with Gasteiger partial charge in [-0.3, -0.25) is 9.59 Å². The second-order valence-corrected chi connectivity index (χ2v) is 5.26. The van der Waals surface area contributed by atoms with Gasteiger partial charge in [-0.2, -0.15) is 0 Å². The molecule has 2 heterocycles. The monoisotopic (exact) mass is 294 g/mol. The molecule has 0 aromatic carbocycles. The van der Waals surface area contributed by atoms with E-state index in [0.29, 0.717) is 32.1 Å². The number of carbonyl (C=O) groups is 2. The Hall–Kier alpha value is -1.92. The van der Waals surface area contributed by atoms with Crippen molar-refractivity contribution in [3.8, 4) is 0 Å². The molecular formula is C14H22N4O3. The molecule has 0 radical (unpaired) electrons. The number of aryl methyl sites for hydroxylation is 1. The third-order valence-corrected chi connectivity index (χ3v) is 3.92. The summed E-state index contributed by atoms with van der Waals surface area (Å²) in [7, 11) is 0. The zero-order chi connectivity index (χ0) is 15.4. The smallest absolute Gasteiger partial charge is 0.311 e. The van der Waals surface area contributed by atoms with Gasteiger partial charge in [0.25, 0.3) is 0 Å². The molecule has 1 aromatic heterocycles. The van der Waals surface area contributed by atoms with Gasteiger partial charge in [0.05, 0.1) is 0 Å². The minimum atomic E-state index is -0.259. The van der Waals surface area contributed by atoms with Crippen molar-refractivity contribution in [3.05, 3.63) is 11.8 Å². The van der Waals surface area contributed by atoms with Gasteiger partial charge in [-0.05, 0) is 12.8 Å². The molecule has 2 amide bonds. The minimum Gasteiger partial charge on any atom is -0.417 e. The van der Waals surface area contributed by atoms with Crippen molar-refractivity contribution in [2.45, 2.75) is 33.6 Å². The van der Waals surface area contributed by atoms with Crippen LogP contribution >= 0.6 is 0 Å². The molecule has 1 aromatic rings. The highest BCUT2D eigenvalue weighted by molar-refractivity contribution is 5.89. The highest BCUT2D eigenvalue weighted by atomic mass is 16.4. The van der Waals surface area contributed by atoms with Crippen molar-refractivity contribution >= 4 is 11.8 Å². The van der Waals surface area contributed by atoms with Crippen LogP contribution in [-0.2, 0) is 4.79 Å². The molecule has 0 saturated carbocycles. The van der Waals surface area contributed by atoms with Crippen molar-refractivity contribution < 1.29 is 14.0 Å². The summed E-state index contributed by atoms with van der Waals surface area (Å²) in [6, 6.07) is 0. The van der Waals surface area contributed by atoms with Crippen LogP contribution < -0.4 is 0 Å². The maximum atomic E-state index is 12.3. The van der Waals surface area contributed by atoms with E-state index >= 15 is 0 Å². The number of aromatic nitrogens is 2. The SMILES string of the molecule is CCC(CC)C(=O)N1CCN(C(=O)c2nnc(C)o2)CC1. The number of hydrogen-bond acceptors (Lipinski definition) is 5. The van der Waals surface area contributed by atoms with Gasteiger partial charge < -0.3 is 14.2 Å². The van der Waals surface area contributed by atoms with Crippen molar-refractivity contribution in [2.75, 3.05) is 26.2 Å². The molecule has 0 atom stereocenters. The fourth-order valence-corrected chi connectivity index (χ4v) is 2.54. The molecule has 1 saturated heterocycles. The van der Waals surface area contributed by atoms with Crippen LogP contribution in [0.25, 0.3) is 0 Å². The molecule has 7 nitrogen and oxygen atoms in total. The topological polar surface area (TPSA) is 79.5 Å². The maximum absolute atomic E-state index is 12.3. The van der Waals surface area contributed by atoms with Crippen molar-refractivity contribution in [1.82, 2.24) is 20.0 Å². The summed E-state index contributed by atoms with van der Waals surface area (Å²) < 4.78 is 5.15. The van der Waals surface area contributed by atoms with Gasteiger partial charge in [0, 0.05) is 39.0 Å². The summed E-state index contributed by atoms with van der Waals surface area (Å²) in [6.45, 7) is 7.85. The Morgan fingerprint density at radius 3 is 2.14 bits per heavy atom. The quantitative estimate of drug-likeness (QED) is 0.830. The molecule has 0 bridgehead atoms. The first-order valence-electron chi connectivity index (χ1n) is 7.45. The summed E-state index contributed by atoms with van der Waals surface area (Å²) in [5, 5.41) is 7.40. The molecule has 2 rings (SSSR count). The van der Waals surface area contributed by atoms with E-state index in [-0.39, 0.29) is 23.6 Å². The molecule has 0 spiro atoms. The van der Waals surface area contributed by atoms with Crippen molar-refractivity contribution in [2.24, 2.45) is 5.92 Å². The highest BCUT2D eigenvalue weighted by Crippen LogP contribution is 2.15. The Kier molecular flexibility index (Phi) is 4.93. The van der Waals surface area contributed by atoms with Crippen LogP contribution in [0.15, 0.2) is 4.42 Å². The summed E-state index contributed by atoms with van der Waals surface area (Å²) >= 11 is 0. The van der Waals surface area contributed by atoms with E-state index in [1.54, 1.807) is 11.8 Å². The lowest BCUT2D eigenvalue weighted by atomic mass is 10.0. The molecule has 21 heavy (non-hydrogen) atoms. The maximum Gasteiger partial charge on any atom is 0.311 e. The molecule has 1 aliphatic heterocycles. The predicted octanol–water partition coefficient (Wildman–Crippen LogP) is 1.10. The highest BCUT2D eigenvalue weighted by Gasteiger charge is 2.29. The average Bonchev–Trinajstić information content (AvgIpc) is 2.94. The molecule has 1 fully saturated rings. The van der Waals surface area contributed by atoms with Crippen LogP contribution in [0.2, 0.25) is 0 Å². The van der Waals surface area contributed by atoms with E-state index < -0.39 is 0 Å². The van der Waals surface area contributed by atoms with E-state index in [1.807, 2.05) is 18.7 Å².